The fraction of sp³-hybridized carbons (Fsp3) is 0.259. The SMILES string of the molecule is O=C(CCC(=O)c1ccc2c(c1)OCCO2)OCC(=O)N1N=C(c2ccc(Cl)cc2)C[C@@H]1c1ccco1. The number of halogens is 1. The van der Waals surface area contributed by atoms with E-state index in [9.17, 15) is 14.4 Å². The Labute approximate surface area is 217 Å². The molecule has 0 radical (unpaired) electrons. The highest BCUT2D eigenvalue weighted by atomic mass is 35.5. The molecule has 9 nitrogen and oxygen atoms in total. The van der Waals surface area contributed by atoms with Crippen LogP contribution < -0.4 is 9.47 Å². The van der Waals surface area contributed by atoms with Crippen molar-refractivity contribution in [1.82, 2.24) is 5.01 Å². The van der Waals surface area contributed by atoms with E-state index < -0.39 is 24.5 Å². The molecule has 1 aromatic heterocycles. The Kier molecular flexibility index (Phi) is 7.23. The van der Waals surface area contributed by atoms with Crippen LogP contribution in [0.25, 0.3) is 0 Å². The van der Waals surface area contributed by atoms with Gasteiger partial charge in [0, 0.05) is 23.4 Å². The van der Waals surface area contributed by atoms with Crippen LogP contribution in [0.4, 0.5) is 0 Å². The lowest BCUT2D eigenvalue weighted by atomic mass is 10.0. The summed E-state index contributed by atoms with van der Waals surface area (Å²) in [5, 5.41) is 6.35. The molecular weight excluding hydrogens is 500 g/mol. The van der Waals surface area contributed by atoms with Gasteiger partial charge >= 0.3 is 5.97 Å². The number of ketones is 1. The number of ether oxygens (including phenoxy) is 3. The van der Waals surface area contributed by atoms with E-state index in [1.54, 1.807) is 42.5 Å². The van der Waals surface area contributed by atoms with Gasteiger partial charge in [-0.3, -0.25) is 14.4 Å². The van der Waals surface area contributed by atoms with Crippen molar-refractivity contribution in [2.75, 3.05) is 19.8 Å². The molecular formula is C27H23ClN2O7. The lowest BCUT2D eigenvalue weighted by Crippen LogP contribution is -2.31. The number of carbonyl (C=O) groups excluding carboxylic acids is 3. The molecule has 1 atom stereocenters. The summed E-state index contributed by atoms with van der Waals surface area (Å²) in [6, 6.07) is 15.1. The molecule has 190 valence electrons. The number of carbonyl (C=O) groups is 3. The van der Waals surface area contributed by atoms with E-state index in [0.717, 1.165) is 5.56 Å². The number of hydrogen-bond acceptors (Lipinski definition) is 8. The Morgan fingerprint density at radius 3 is 2.54 bits per heavy atom. The van der Waals surface area contributed by atoms with Gasteiger partial charge in [0.1, 0.15) is 25.0 Å². The first kappa shape index (κ1) is 24.6. The highest BCUT2D eigenvalue weighted by molar-refractivity contribution is 6.30. The number of Topliss-reactive ketones (excluding diaryl/α,β-unsaturated/α-hetero) is 1. The third-order valence-corrected chi connectivity index (χ3v) is 6.24. The van der Waals surface area contributed by atoms with E-state index in [1.807, 2.05) is 12.1 Å². The number of hydrogen-bond donors (Lipinski definition) is 0. The van der Waals surface area contributed by atoms with Crippen LogP contribution in [0.3, 0.4) is 0 Å². The zero-order valence-electron chi connectivity index (χ0n) is 19.7. The summed E-state index contributed by atoms with van der Waals surface area (Å²) < 4.78 is 21.6. The molecule has 2 aliphatic rings. The van der Waals surface area contributed by atoms with Gasteiger partial charge in [-0.05, 0) is 48.0 Å². The van der Waals surface area contributed by atoms with Crippen LogP contribution in [-0.4, -0.2) is 48.2 Å². The number of benzene rings is 2. The molecule has 3 heterocycles. The van der Waals surface area contributed by atoms with Gasteiger partial charge in [0.05, 0.1) is 18.4 Å². The van der Waals surface area contributed by atoms with Gasteiger partial charge in [0.2, 0.25) is 0 Å². The van der Waals surface area contributed by atoms with Crippen molar-refractivity contribution in [2.45, 2.75) is 25.3 Å². The van der Waals surface area contributed by atoms with E-state index in [1.165, 1.54) is 11.3 Å². The average molecular weight is 523 g/mol. The Balaban J connectivity index is 1.18. The molecule has 0 N–H and O–H groups in total. The smallest absolute Gasteiger partial charge is 0.306 e. The number of fused-ring (bicyclic) bond motifs is 1. The van der Waals surface area contributed by atoms with Crippen molar-refractivity contribution < 1.29 is 33.0 Å². The topological polar surface area (TPSA) is 108 Å². The molecule has 2 aliphatic heterocycles. The van der Waals surface area contributed by atoms with E-state index >= 15 is 0 Å². The second-order valence-electron chi connectivity index (χ2n) is 8.47. The summed E-state index contributed by atoms with van der Waals surface area (Å²) >= 11 is 5.99. The Morgan fingerprint density at radius 1 is 1.00 bits per heavy atom. The quantitative estimate of drug-likeness (QED) is 0.314. The second kappa shape index (κ2) is 10.9. The fourth-order valence-corrected chi connectivity index (χ4v) is 4.24. The van der Waals surface area contributed by atoms with Crippen LogP contribution in [0, 0.1) is 0 Å². The Hall–Kier alpha value is -4.11. The van der Waals surface area contributed by atoms with E-state index in [-0.39, 0.29) is 18.6 Å². The number of nitrogens with zero attached hydrogens (tertiary/aromatic N) is 2. The maximum absolute atomic E-state index is 13.0. The first-order valence-corrected chi connectivity index (χ1v) is 12.1. The Morgan fingerprint density at radius 2 is 1.78 bits per heavy atom. The van der Waals surface area contributed by atoms with E-state index in [0.29, 0.717) is 53.2 Å². The minimum atomic E-state index is -0.658. The van der Waals surface area contributed by atoms with Gasteiger partial charge < -0.3 is 18.6 Å². The van der Waals surface area contributed by atoms with Gasteiger partial charge in [0.15, 0.2) is 23.9 Å². The average Bonchev–Trinajstić information content (AvgIpc) is 3.61. The van der Waals surface area contributed by atoms with Gasteiger partial charge in [-0.15, -0.1) is 0 Å². The van der Waals surface area contributed by atoms with Crippen molar-refractivity contribution in [2.24, 2.45) is 5.10 Å². The zero-order chi connectivity index (χ0) is 25.8. The van der Waals surface area contributed by atoms with Crippen LogP contribution in [0.5, 0.6) is 11.5 Å². The predicted octanol–water partition coefficient (Wildman–Crippen LogP) is 4.59. The van der Waals surface area contributed by atoms with Gasteiger partial charge in [0.25, 0.3) is 5.91 Å². The van der Waals surface area contributed by atoms with E-state index in [2.05, 4.69) is 5.10 Å². The molecule has 37 heavy (non-hydrogen) atoms. The van der Waals surface area contributed by atoms with Crippen molar-refractivity contribution >= 4 is 35.0 Å². The molecule has 3 aromatic rings. The summed E-state index contributed by atoms with van der Waals surface area (Å²) in [5.41, 5.74) is 1.92. The summed E-state index contributed by atoms with van der Waals surface area (Å²) in [6.07, 6.45) is 1.72. The number of hydrazone groups is 1. The summed E-state index contributed by atoms with van der Waals surface area (Å²) in [5.74, 6) is 0.247. The molecule has 0 unspecified atom stereocenters. The third kappa shape index (κ3) is 5.67. The number of rotatable bonds is 8. The Bertz CT molecular complexity index is 1340. The molecule has 0 fully saturated rings. The maximum atomic E-state index is 13.0. The fourth-order valence-electron chi connectivity index (χ4n) is 4.12. The normalized spacial score (nSPS) is 16.3. The van der Waals surface area contributed by atoms with E-state index in [4.69, 9.17) is 30.2 Å². The minimum Gasteiger partial charge on any atom is -0.486 e. The molecule has 10 heteroatoms. The minimum absolute atomic E-state index is 0.0652. The second-order valence-corrected chi connectivity index (χ2v) is 8.91. The van der Waals surface area contributed by atoms with Crippen LogP contribution in [0.15, 0.2) is 70.4 Å². The van der Waals surface area contributed by atoms with Crippen molar-refractivity contribution in [3.63, 3.8) is 0 Å². The molecule has 0 saturated carbocycles. The predicted molar refractivity (Wildman–Crippen MR) is 133 cm³/mol. The summed E-state index contributed by atoms with van der Waals surface area (Å²) in [6.45, 7) is 0.359. The summed E-state index contributed by atoms with van der Waals surface area (Å²) in [7, 11) is 0. The summed E-state index contributed by atoms with van der Waals surface area (Å²) in [4.78, 5) is 37.8. The number of amides is 1. The molecule has 0 bridgehead atoms. The van der Waals surface area contributed by atoms with Crippen LogP contribution in [0.2, 0.25) is 5.02 Å². The number of esters is 1. The molecule has 0 spiro atoms. The largest absolute Gasteiger partial charge is 0.486 e. The molecule has 0 aliphatic carbocycles. The monoisotopic (exact) mass is 522 g/mol. The number of furan rings is 1. The van der Waals surface area contributed by atoms with Crippen molar-refractivity contribution in [3.05, 3.63) is 82.8 Å². The van der Waals surface area contributed by atoms with Crippen LogP contribution in [-0.2, 0) is 14.3 Å². The van der Waals surface area contributed by atoms with Crippen molar-refractivity contribution in [3.8, 4) is 11.5 Å². The van der Waals surface area contributed by atoms with Gasteiger partial charge in [-0.25, -0.2) is 5.01 Å². The van der Waals surface area contributed by atoms with Crippen molar-refractivity contribution in [1.29, 1.82) is 0 Å². The molecule has 0 saturated heterocycles. The maximum Gasteiger partial charge on any atom is 0.306 e. The van der Waals surface area contributed by atoms with Gasteiger partial charge in [-0.2, -0.15) is 5.10 Å². The highest BCUT2D eigenvalue weighted by Crippen LogP contribution is 2.34. The highest BCUT2D eigenvalue weighted by Gasteiger charge is 2.35. The van der Waals surface area contributed by atoms with Crippen LogP contribution >= 0.6 is 11.6 Å². The molecule has 1 amide bonds. The standard InChI is InChI=1S/C27H23ClN2O7/c28-19-6-3-17(4-7-19)20-15-21(23-2-1-11-34-23)30(29-20)26(32)16-37-27(33)10-8-22(31)18-5-9-24-25(14-18)36-13-12-35-24/h1-7,9,11,14,21H,8,10,12-13,15-16H2/t21-/m1/s1. The zero-order valence-corrected chi connectivity index (χ0v) is 20.5. The lowest BCUT2D eigenvalue weighted by molar-refractivity contribution is -0.152. The first-order chi connectivity index (χ1) is 18.0. The van der Waals surface area contributed by atoms with Crippen LogP contribution in [0.1, 0.15) is 47.0 Å². The first-order valence-electron chi connectivity index (χ1n) is 11.8. The molecule has 2 aromatic carbocycles. The lowest BCUT2D eigenvalue weighted by Gasteiger charge is -2.19. The van der Waals surface area contributed by atoms with Gasteiger partial charge in [-0.1, -0.05) is 23.7 Å². The molecule has 5 rings (SSSR count). The third-order valence-electron chi connectivity index (χ3n) is 5.99.